The van der Waals surface area contributed by atoms with Gasteiger partial charge in [-0.1, -0.05) is 18.9 Å². The van der Waals surface area contributed by atoms with Gasteiger partial charge in [0.1, 0.15) is 0 Å². The Morgan fingerprint density at radius 2 is 1.85 bits per heavy atom. The van der Waals surface area contributed by atoms with Crippen LogP contribution in [0, 0.1) is 13.8 Å². The van der Waals surface area contributed by atoms with Crippen LogP contribution in [0.1, 0.15) is 73.4 Å². The molecule has 3 heterocycles. The van der Waals surface area contributed by atoms with Crippen molar-refractivity contribution in [1.29, 1.82) is 0 Å². The van der Waals surface area contributed by atoms with Crippen molar-refractivity contribution in [2.24, 2.45) is 0 Å². The number of pyridine rings is 1. The van der Waals surface area contributed by atoms with E-state index in [4.69, 9.17) is 12.2 Å². The van der Waals surface area contributed by atoms with Crippen molar-refractivity contribution in [2.75, 3.05) is 10.2 Å². The number of carbonyl (C=O) groups is 1. The van der Waals surface area contributed by atoms with E-state index in [9.17, 15) is 4.79 Å². The first-order valence-electron chi connectivity index (χ1n) is 12.0. The zero-order chi connectivity index (χ0) is 23.8. The molecule has 1 amide bonds. The van der Waals surface area contributed by atoms with Gasteiger partial charge in [0.25, 0.3) is 0 Å². The Labute approximate surface area is 206 Å². The molecule has 1 saturated heterocycles. The molecule has 34 heavy (non-hydrogen) atoms. The molecule has 6 nitrogen and oxygen atoms in total. The number of amides is 1. The van der Waals surface area contributed by atoms with Crippen LogP contribution in [0.15, 0.2) is 54.7 Å². The van der Waals surface area contributed by atoms with Gasteiger partial charge in [0.2, 0.25) is 5.91 Å². The summed E-state index contributed by atoms with van der Waals surface area (Å²) in [7, 11) is 0. The quantitative estimate of drug-likeness (QED) is 0.462. The highest BCUT2D eigenvalue weighted by molar-refractivity contribution is 7.80. The number of anilines is 2. The number of hydrogen-bond acceptors (Lipinski definition) is 3. The number of hydrogen-bond donors (Lipinski definition) is 2. The topological polar surface area (TPSA) is 62.2 Å². The Balaban J connectivity index is 1.59. The molecule has 1 aliphatic carbocycles. The van der Waals surface area contributed by atoms with E-state index >= 15 is 0 Å². The van der Waals surface area contributed by atoms with Gasteiger partial charge < -0.3 is 20.1 Å². The summed E-state index contributed by atoms with van der Waals surface area (Å²) < 4.78 is 2.54. The van der Waals surface area contributed by atoms with E-state index in [-0.39, 0.29) is 18.0 Å². The molecule has 7 heteroatoms. The molecule has 2 atom stereocenters. The first-order valence-corrected chi connectivity index (χ1v) is 12.4. The van der Waals surface area contributed by atoms with Crippen LogP contribution in [0.25, 0.3) is 0 Å². The van der Waals surface area contributed by atoms with E-state index in [1.165, 1.54) is 49.6 Å². The molecule has 1 saturated carbocycles. The van der Waals surface area contributed by atoms with Crippen LogP contribution in [0.3, 0.4) is 0 Å². The number of benzene rings is 1. The summed E-state index contributed by atoms with van der Waals surface area (Å²) in [6.45, 7) is 5.98. The highest BCUT2D eigenvalue weighted by Gasteiger charge is 2.42. The van der Waals surface area contributed by atoms with E-state index < -0.39 is 0 Å². The molecule has 176 valence electrons. The Morgan fingerprint density at radius 1 is 1.12 bits per heavy atom. The fourth-order valence-electron chi connectivity index (χ4n) is 5.68. The number of nitrogens with one attached hydrogen (secondary N) is 2. The van der Waals surface area contributed by atoms with Crippen molar-refractivity contribution in [2.45, 2.75) is 64.6 Å². The lowest BCUT2D eigenvalue weighted by molar-refractivity contribution is -0.114. The maximum absolute atomic E-state index is 11.5. The minimum absolute atomic E-state index is 0.0321. The Hall–Kier alpha value is -3.19. The maximum atomic E-state index is 11.5. The van der Waals surface area contributed by atoms with E-state index in [1.54, 1.807) is 0 Å². The van der Waals surface area contributed by atoms with E-state index in [0.717, 1.165) is 17.1 Å². The minimum Gasteiger partial charge on any atom is -0.351 e. The molecule has 2 N–H and O–H groups in total. The average Bonchev–Trinajstić information content (AvgIpc) is 3.52. The van der Waals surface area contributed by atoms with Crippen molar-refractivity contribution in [3.05, 3.63) is 77.4 Å². The van der Waals surface area contributed by atoms with E-state index in [0.29, 0.717) is 11.2 Å². The number of aromatic nitrogens is 2. The second-order valence-electron chi connectivity index (χ2n) is 9.36. The number of nitrogens with zero attached hydrogens (tertiary/aromatic N) is 3. The fourth-order valence-corrected chi connectivity index (χ4v) is 6.03. The lowest BCUT2D eigenvalue weighted by Crippen LogP contribution is -2.29. The van der Waals surface area contributed by atoms with Crippen LogP contribution in [0.4, 0.5) is 11.4 Å². The Morgan fingerprint density at radius 3 is 2.50 bits per heavy atom. The third-order valence-electron chi connectivity index (χ3n) is 7.10. The summed E-state index contributed by atoms with van der Waals surface area (Å²) >= 11 is 5.88. The fraction of sp³-hybridized carbons (Fsp3) is 0.370. The molecule has 0 unspecified atom stereocenters. The second-order valence-corrected chi connectivity index (χ2v) is 9.75. The lowest BCUT2D eigenvalue weighted by atomic mass is 9.96. The van der Waals surface area contributed by atoms with Gasteiger partial charge in [0.15, 0.2) is 5.11 Å². The maximum Gasteiger partial charge on any atom is 0.221 e. The molecule has 2 aliphatic rings. The van der Waals surface area contributed by atoms with Crippen molar-refractivity contribution in [3.8, 4) is 0 Å². The molecule has 3 aromatic rings. The van der Waals surface area contributed by atoms with Crippen LogP contribution >= 0.6 is 12.2 Å². The average molecular weight is 474 g/mol. The van der Waals surface area contributed by atoms with Crippen molar-refractivity contribution >= 4 is 34.6 Å². The van der Waals surface area contributed by atoms with Crippen LogP contribution < -0.4 is 15.5 Å². The van der Waals surface area contributed by atoms with Gasteiger partial charge >= 0.3 is 0 Å². The molecule has 0 bridgehead atoms. The summed E-state index contributed by atoms with van der Waals surface area (Å²) in [4.78, 5) is 18.3. The standard InChI is InChI=1S/C27H31N5OS/c1-17-16-23(18(2)31(17)21-8-4-5-9-21)26-25(24-10-6-7-15-28-24)30-27(34)32(26)22-13-11-20(12-14-22)29-19(3)33/h6-7,10-16,21,25-26H,4-5,8-9H2,1-3H3,(H,29,33)(H,30,34)/t25-,26+/m0/s1. The van der Waals surface area contributed by atoms with Gasteiger partial charge in [-0.25, -0.2) is 0 Å². The van der Waals surface area contributed by atoms with Crippen molar-refractivity contribution in [3.63, 3.8) is 0 Å². The van der Waals surface area contributed by atoms with Gasteiger partial charge in [-0.05, 0) is 86.9 Å². The van der Waals surface area contributed by atoms with Crippen LogP contribution in [0.5, 0.6) is 0 Å². The lowest BCUT2D eigenvalue weighted by Gasteiger charge is -2.28. The monoisotopic (exact) mass is 473 g/mol. The molecule has 0 radical (unpaired) electrons. The number of rotatable bonds is 5. The van der Waals surface area contributed by atoms with Gasteiger partial charge in [-0.2, -0.15) is 0 Å². The number of carbonyl (C=O) groups excluding carboxylic acids is 1. The predicted octanol–water partition coefficient (Wildman–Crippen LogP) is 5.75. The molecule has 0 spiro atoms. The smallest absolute Gasteiger partial charge is 0.221 e. The molecule has 5 rings (SSSR count). The largest absolute Gasteiger partial charge is 0.351 e. The Kier molecular flexibility index (Phi) is 6.13. The highest BCUT2D eigenvalue weighted by Crippen LogP contribution is 2.45. The van der Waals surface area contributed by atoms with E-state index in [1.807, 2.05) is 42.6 Å². The number of thiocarbonyl (C=S) groups is 1. The zero-order valence-electron chi connectivity index (χ0n) is 19.9. The zero-order valence-corrected chi connectivity index (χ0v) is 20.7. The summed E-state index contributed by atoms with van der Waals surface area (Å²) in [5.41, 5.74) is 6.61. The van der Waals surface area contributed by atoms with Gasteiger partial charge in [-0.15, -0.1) is 0 Å². The third-order valence-corrected chi connectivity index (χ3v) is 7.41. The molecule has 1 aromatic carbocycles. The van der Waals surface area contributed by atoms with Crippen molar-refractivity contribution in [1.82, 2.24) is 14.9 Å². The molecule has 1 aliphatic heterocycles. The number of aryl methyl sites for hydroxylation is 1. The molecule has 2 fully saturated rings. The molecular formula is C27H31N5OS. The first-order chi connectivity index (χ1) is 16.4. The van der Waals surface area contributed by atoms with Gasteiger partial charge in [0.05, 0.1) is 17.8 Å². The van der Waals surface area contributed by atoms with E-state index in [2.05, 4.69) is 51.1 Å². The SMILES string of the molecule is CC(=O)Nc1ccc(N2C(=S)N[C@@H](c3ccccn3)[C@H]2c2cc(C)n(C3CCCC3)c2C)cc1. The van der Waals surface area contributed by atoms with Gasteiger partial charge in [0, 0.05) is 41.9 Å². The summed E-state index contributed by atoms with van der Waals surface area (Å²) in [6.07, 6.45) is 6.93. The van der Waals surface area contributed by atoms with Gasteiger partial charge in [-0.3, -0.25) is 9.78 Å². The second kappa shape index (κ2) is 9.22. The van der Waals surface area contributed by atoms with Crippen molar-refractivity contribution < 1.29 is 4.79 Å². The van der Waals surface area contributed by atoms with Crippen LogP contribution in [-0.4, -0.2) is 20.6 Å². The normalized spacial score (nSPS) is 20.6. The first kappa shape index (κ1) is 22.6. The predicted molar refractivity (Wildman–Crippen MR) is 140 cm³/mol. The van der Waals surface area contributed by atoms with Crippen LogP contribution in [0.2, 0.25) is 0 Å². The third kappa shape index (κ3) is 4.09. The molecule has 2 aromatic heterocycles. The van der Waals surface area contributed by atoms with Crippen LogP contribution in [-0.2, 0) is 4.79 Å². The minimum atomic E-state index is -0.0847. The Bertz CT molecular complexity index is 1200. The highest BCUT2D eigenvalue weighted by atomic mass is 32.1. The summed E-state index contributed by atoms with van der Waals surface area (Å²) in [5, 5.41) is 7.08. The summed E-state index contributed by atoms with van der Waals surface area (Å²) in [5.74, 6) is -0.0847. The summed E-state index contributed by atoms with van der Waals surface area (Å²) in [6, 6.07) is 16.7. The molecular weight excluding hydrogens is 442 g/mol.